The summed E-state index contributed by atoms with van der Waals surface area (Å²) in [4.78, 5) is 12.8. The molecule has 1 fully saturated rings. The van der Waals surface area contributed by atoms with Gasteiger partial charge in [0.25, 0.3) is 0 Å². The van der Waals surface area contributed by atoms with Crippen molar-refractivity contribution in [1.29, 1.82) is 0 Å². The molecule has 1 heterocycles. The van der Waals surface area contributed by atoms with Crippen molar-refractivity contribution in [2.75, 3.05) is 26.3 Å². The van der Waals surface area contributed by atoms with E-state index >= 15 is 0 Å². The van der Waals surface area contributed by atoms with E-state index in [4.69, 9.17) is 9.84 Å². The molecule has 0 spiro atoms. The Balaban J connectivity index is 2.18. The lowest BCUT2D eigenvalue weighted by molar-refractivity contribution is -0.131. The fourth-order valence-corrected chi connectivity index (χ4v) is 1.56. The molecule has 0 aromatic carbocycles. The quantitative estimate of drug-likeness (QED) is 0.677. The smallest absolute Gasteiger partial charge is 0.219 e. The Morgan fingerprint density at radius 1 is 1.54 bits per heavy atom. The SMILES string of the molecule is CC(=O)N1CCC(OCCO)CC1. The monoisotopic (exact) mass is 187 g/mol. The van der Waals surface area contributed by atoms with E-state index in [0.717, 1.165) is 25.9 Å². The van der Waals surface area contributed by atoms with E-state index in [1.165, 1.54) is 0 Å². The van der Waals surface area contributed by atoms with Crippen LogP contribution in [0.2, 0.25) is 0 Å². The third-order valence-electron chi connectivity index (χ3n) is 2.33. The molecule has 0 aliphatic carbocycles. The first-order valence-corrected chi connectivity index (χ1v) is 4.72. The summed E-state index contributed by atoms with van der Waals surface area (Å²) >= 11 is 0. The van der Waals surface area contributed by atoms with Crippen molar-refractivity contribution >= 4 is 5.91 Å². The van der Waals surface area contributed by atoms with Crippen LogP contribution in [0.3, 0.4) is 0 Å². The molecule has 0 unspecified atom stereocenters. The number of ether oxygens (including phenoxy) is 1. The molecule has 1 aliphatic rings. The molecule has 1 rings (SSSR count). The summed E-state index contributed by atoms with van der Waals surface area (Å²) in [7, 11) is 0. The number of nitrogens with zero attached hydrogens (tertiary/aromatic N) is 1. The number of carbonyl (C=O) groups excluding carboxylic acids is 1. The molecule has 1 saturated heterocycles. The van der Waals surface area contributed by atoms with Gasteiger partial charge < -0.3 is 14.7 Å². The molecule has 13 heavy (non-hydrogen) atoms. The van der Waals surface area contributed by atoms with Crippen molar-refractivity contribution in [3.05, 3.63) is 0 Å². The van der Waals surface area contributed by atoms with Crippen LogP contribution in [0.4, 0.5) is 0 Å². The van der Waals surface area contributed by atoms with Gasteiger partial charge >= 0.3 is 0 Å². The molecule has 76 valence electrons. The van der Waals surface area contributed by atoms with Gasteiger partial charge in [0, 0.05) is 20.0 Å². The first-order valence-electron chi connectivity index (χ1n) is 4.72. The van der Waals surface area contributed by atoms with Crippen molar-refractivity contribution in [2.24, 2.45) is 0 Å². The van der Waals surface area contributed by atoms with Crippen LogP contribution in [0.1, 0.15) is 19.8 Å². The van der Waals surface area contributed by atoms with Crippen LogP contribution in [0.5, 0.6) is 0 Å². The molecule has 0 saturated carbocycles. The van der Waals surface area contributed by atoms with Gasteiger partial charge in [-0.15, -0.1) is 0 Å². The van der Waals surface area contributed by atoms with Gasteiger partial charge in [-0.1, -0.05) is 0 Å². The summed E-state index contributed by atoms with van der Waals surface area (Å²) in [5, 5.41) is 8.55. The minimum absolute atomic E-state index is 0.0763. The molecule has 4 heteroatoms. The second-order valence-corrected chi connectivity index (χ2v) is 3.30. The number of hydrogen-bond donors (Lipinski definition) is 1. The van der Waals surface area contributed by atoms with Gasteiger partial charge in [0.15, 0.2) is 0 Å². The molecular formula is C9H17NO3. The van der Waals surface area contributed by atoms with Crippen molar-refractivity contribution in [2.45, 2.75) is 25.9 Å². The lowest BCUT2D eigenvalue weighted by Crippen LogP contribution is -2.39. The zero-order valence-corrected chi connectivity index (χ0v) is 8.03. The predicted molar refractivity (Wildman–Crippen MR) is 48.3 cm³/mol. The van der Waals surface area contributed by atoms with Gasteiger partial charge in [0.2, 0.25) is 5.91 Å². The van der Waals surface area contributed by atoms with Gasteiger partial charge in [-0.25, -0.2) is 0 Å². The summed E-state index contributed by atoms with van der Waals surface area (Å²) in [6.45, 7) is 3.64. The summed E-state index contributed by atoms with van der Waals surface area (Å²) in [6, 6.07) is 0. The zero-order chi connectivity index (χ0) is 9.68. The third kappa shape index (κ3) is 3.32. The highest BCUT2D eigenvalue weighted by atomic mass is 16.5. The Labute approximate surface area is 78.5 Å². The molecule has 1 N–H and O–H groups in total. The number of aliphatic hydroxyl groups excluding tert-OH is 1. The van der Waals surface area contributed by atoms with Gasteiger partial charge in [-0.2, -0.15) is 0 Å². The average molecular weight is 187 g/mol. The van der Waals surface area contributed by atoms with Crippen molar-refractivity contribution in [3.8, 4) is 0 Å². The van der Waals surface area contributed by atoms with E-state index in [2.05, 4.69) is 0 Å². The van der Waals surface area contributed by atoms with Gasteiger partial charge in [0.1, 0.15) is 0 Å². The number of piperidine rings is 1. The maximum Gasteiger partial charge on any atom is 0.219 e. The molecule has 4 nitrogen and oxygen atoms in total. The highest BCUT2D eigenvalue weighted by molar-refractivity contribution is 5.73. The zero-order valence-electron chi connectivity index (χ0n) is 8.03. The number of aliphatic hydroxyl groups is 1. The van der Waals surface area contributed by atoms with Crippen molar-refractivity contribution in [3.63, 3.8) is 0 Å². The first-order chi connectivity index (χ1) is 6.24. The Morgan fingerprint density at radius 3 is 2.62 bits per heavy atom. The Bertz CT molecular complexity index is 164. The third-order valence-corrected chi connectivity index (χ3v) is 2.33. The topological polar surface area (TPSA) is 49.8 Å². The van der Waals surface area contributed by atoms with E-state index in [-0.39, 0.29) is 18.6 Å². The van der Waals surface area contributed by atoms with E-state index in [9.17, 15) is 4.79 Å². The standard InChI is InChI=1S/C9H17NO3/c1-8(12)10-4-2-9(3-5-10)13-7-6-11/h9,11H,2-7H2,1H3. The fourth-order valence-electron chi connectivity index (χ4n) is 1.56. The maximum absolute atomic E-state index is 11.0. The number of amides is 1. The van der Waals surface area contributed by atoms with Crippen molar-refractivity contribution < 1.29 is 14.6 Å². The molecule has 0 aromatic heterocycles. The average Bonchev–Trinajstić information content (AvgIpc) is 2.15. The minimum atomic E-state index is 0.0763. The Morgan fingerprint density at radius 2 is 2.15 bits per heavy atom. The summed E-state index contributed by atoms with van der Waals surface area (Å²) in [6.07, 6.45) is 2.00. The molecule has 0 aromatic rings. The Hall–Kier alpha value is -0.610. The van der Waals surface area contributed by atoms with Crippen LogP contribution >= 0.6 is 0 Å². The van der Waals surface area contributed by atoms with Crippen LogP contribution < -0.4 is 0 Å². The fraction of sp³-hybridized carbons (Fsp3) is 0.889. The van der Waals surface area contributed by atoms with Crippen LogP contribution in [-0.4, -0.2) is 48.3 Å². The van der Waals surface area contributed by atoms with Crippen molar-refractivity contribution in [1.82, 2.24) is 4.90 Å². The molecule has 1 amide bonds. The van der Waals surface area contributed by atoms with Crippen LogP contribution in [0.15, 0.2) is 0 Å². The summed E-state index contributed by atoms with van der Waals surface area (Å²) in [5.41, 5.74) is 0. The lowest BCUT2D eigenvalue weighted by Gasteiger charge is -2.31. The first kappa shape index (κ1) is 10.5. The molecule has 0 bridgehead atoms. The number of carbonyl (C=O) groups is 1. The Kier molecular flexibility index (Phi) is 4.18. The van der Waals surface area contributed by atoms with Gasteiger partial charge in [-0.05, 0) is 12.8 Å². The van der Waals surface area contributed by atoms with E-state index in [1.807, 2.05) is 4.90 Å². The normalized spacial score (nSPS) is 19.1. The molecule has 0 atom stereocenters. The highest BCUT2D eigenvalue weighted by Gasteiger charge is 2.20. The number of likely N-dealkylation sites (tertiary alicyclic amines) is 1. The van der Waals surface area contributed by atoms with E-state index < -0.39 is 0 Å². The second-order valence-electron chi connectivity index (χ2n) is 3.30. The van der Waals surface area contributed by atoms with Gasteiger partial charge in [0.05, 0.1) is 19.3 Å². The predicted octanol–water partition coefficient (Wildman–Crippen LogP) is 0.00620. The maximum atomic E-state index is 11.0. The highest BCUT2D eigenvalue weighted by Crippen LogP contribution is 2.13. The lowest BCUT2D eigenvalue weighted by atomic mass is 10.1. The minimum Gasteiger partial charge on any atom is -0.394 e. The molecular weight excluding hydrogens is 170 g/mol. The van der Waals surface area contributed by atoms with Crippen LogP contribution in [0, 0.1) is 0 Å². The summed E-state index contributed by atoms with van der Waals surface area (Å²) in [5.74, 6) is 0.139. The number of hydrogen-bond acceptors (Lipinski definition) is 3. The van der Waals surface area contributed by atoms with E-state index in [1.54, 1.807) is 6.92 Å². The summed E-state index contributed by atoms with van der Waals surface area (Å²) < 4.78 is 5.37. The molecule has 0 radical (unpaired) electrons. The molecule has 1 aliphatic heterocycles. The van der Waals surface area contributed by atoms with E-state index in [0.29, 0.717) is 6.61 Å². The van der Waals surface area contributed by atoms with Crippen LogP contribution in [0.25, 0.3) is 0 Å². The number of rotatable bonds is 3. The largest absolute Gasteiger partial charge is 0.394 e. The van der Waals surface area contributed by atoms with Gasteiger partial charge in [-0.3, -0.25) is 4.79 Å². The second kappa shape index (κ2) is 5.19. The van der Waals surface area contributed by atoms with Crippen LogP contribution in [-0.2, 0) is 9.53 Å².